The summed E-state index contributed by atoms with van der Waals surface area (Å²) >= 11 is 0. The maximum atomic E-state index is 10.9. The Morgan fingerprint density at radius 1 is 1.41 bits per heavy atom. The summed E-state index contributed by atoms with van der Waals surface area (Å²) in [4.78, 5) is 6.13. The van der Waals surface area contributed by atoms with Crippen LogP contribution in [-0.4, -0.2) is 50.9 Å². The molecule has 0 radical (unpaired) electrons. The second kappa shape index (κ2) is 7.40. The predicted octanol–water partition coefficient (Wildman–Crippen LogP) is 0.696. The van der Waals surface area contributed by atoms with Crippen molar-refractivity contribution in [3.8, 4) is 0 Å². The molecule has 0 aromatic carbocycles. The molecule has 5 nitrogen and oxygen atoms in total. The largest absolute Gasteiger partial charge is 0.370 e. The van der Waals surface area contributed by atoms with Crippen molar-refractivity contribution in [1.29, 1.82) is 0 Å². The van der Waals surface area contributed by atoms with Crippen molar-refractivity contribution in [2.45, 2.75) is 19.8 Å². The van der Waals surface area contributed by atoms with Gasteiger partial charge in [-0.1, -0.05) is 6.92 Å². The van der Waals surface area contributed by atoms with Gasteiger partial charge in [0.1, 0.15) is 9.84 Å². The number of piperidine rings is 1. The van der Waals surface area contributed by atoms with Gasteiger partial charge in [0.25, 0.3) is 0 Å². The van der Waals surface area contributed by atoms with Gasteiger partial charge in [-0.2, -0.15) is 0 Å². The molecular weight excluding hydrogens is 353 g/mol. The van der Waals surface area contributed by atoms with Crippen molar-refractivity contribution in [2.75, 3.05) is 31.6 Å². The normalized spacial score (nSPS) is 18.9. The van der Waals surface area contributed by atoms with E-state index in [-0.39, 0.29) is 36.3 Å². The van der Waals surface area contributed by atoms with Crippen LogP contribution in [0.5, 0.6) is 0 Å². The molecule has 1 aliphatic heterocycles. The van der Waals surface area contributed by atoms with Crippen LogP contribution in [0, 0.1) is 5.92 Å². The number of sulfone groups is 1. The maximum Gasteiger partial charge on any atom is 0.191 e. The lowest BCUT2D eigenvalue weighted by molar-refractivity contribution is 0.278. The third kappa shape index (κ3) is 7.07. The first kappa shape index (κ1) is 16.9. The van der Waals surface area contributed by atoms with Gasteiger partial charge in [-0.15, -0.1) is 24.0 Å². The topological polar surface area (TPSA) is 75.8 Å². The molecule has 0 aliphatic carbocycles. The Hall–Kier alpha value is -0.0500. The first-order valence-electron chi connectivity index (χ1n) is 5.61. The summed E-state index contributed by atoms with van der Waals surface area (Å²) in [6.07, 6.45) is 3.46. The highest BCUT2D eigenvalue weighted by molar-refractivity contribution is 14.0. The zero-order chi connectivity index (χ0) is 12.2. The van der Waals surface area contributed by atoms with Crippen LogP contribution in [0.1, 0.15) is 19.8 Å². The maximum absolute atomic E-state index is 10.9. The van der Waals surface area contributed by atoms with Crippen LogP contribution in [0.15, 0.2) is 4.99 Å². The molecule has 2 N–H and O–H groups in total. The fourth-order valence-corrected chi connectivity index (χ4v) is 2.09. The van der Waals surface area contributed by atoms with E-state index < -0.39 is 9.84 Å². The average molecular weight is 375 g/mol. The lowest BCUT2D eigenvalue weighted by Crippen LogP contribution is -2.42. The lowest BCUT2D eigenvalue weighted by Gasteiger charge is -2.30. The van der Waals surface area contributed by atoms with Crippen molar-refractivity contribution in [2.24, 2.45) is 16.6 Å². The summed E-state index contributed by atoms with van der Waals surface area (Å²) in [5, 5.41) is 0. The molecule has 0 amide bonds. The smallest absolute Gasteiger partial charge is 0.191 e. The van der Waals surface area contributed by atoms with Gasteiger partial charge in [-0.05, 0) is 18.8 Å². The summed E-state index contributed by atoms with van der Waals surface area (Å²) in [6.45, 7) is 4.34. The van der Waals surface area contributed by atoms with Crippen LogP contribution in [0.25, 0.3) is 0 Å². The van der Waals surface area contributed by atoms with Gasteiger partial charge in [0.15, 0.2) is 5.96 Å². The fraction of sp³-hybridized carbons (Fsp3) is 0.900. The van der Waals surface area contributed by atoms with E-state index in [0.29, 0.717) is 5.96 Å². The Labute approximate surface area is 121 Å². The van der Waals surface area contributed by atoms with Crippen LogP contribution in [0.2, 0.25) is 0 Å². The van der Waals surface area contributed by atoms with Crippen LogP contribution in [-0.2, 0) is 9.84 Å². The Balaban J connectivity index is 0.00000256. The fourth-order valence-electron chi connectivity index (χ4n) is 1.66. The Kier molecular flexibility index (Phi) is 7.38. The Morgan fingerprint density at radius 2 is 1.94 bits per heavy atom. The Bertz CT molecular complexity index is 349. The van der Waals surface area contributed by atoms with Gasteiger partial charge >= 0.3 is 0 Å². The Morgan fingerprint density at radius 3 is 2.41 bits per heavy atom. The lowest BCUT2D eigenvalue weighted by atomic mass is 10.00. The van der Waals surface area contributed by atoms with E-state index in [1.54, 1.807) is 0 Å². The quantitative estimate of drug-likeness (QED) is 0.448. The first-order valence-corrected chi connectivity index (χ1v) is 7.67. The number of likely N-dealkylation sites (tertiary alicyclic amines) is 1. The molecule has 1 aliphatic rings. The molecule has 102 valence electrons. The second-order valence-electron chi connectivity index (χ2n) is 4.54. The third-order valence-corrected chi connectivity index (χ3v) is 3.77. The van der Waals surface area contributed by atoms with E-state index in [4.69, 9.17) is 5.73 Å². The van der Waals surface area contributed by atoms with Gasteiger partial charge in [0, 0.05) is 19.3 Å². The van der Waals surface area contributed by atoms with E-state index in [9.17, 15) is 8.42 Å². The number of rotatable bonds is 3. The minimum atomic E-state index is -2.94. The first-order chi connectivity index (χ1) is 7.38. The van der Waals surface area contributed by atoms with Crippen molar-refractivity contribution in [3.05, 3.63) is 0 Å². The minimum absolute atomic E-state index is 0. The van der Waals surface area contributed by atoms with E-state index in [2.05, 4.69) is 11.9 Å². The highest BCUT2D eigenvalue weighted by Gasteiger charge is 2.16. The van der Waals surface area contributed by atoms with Gasteiger partial charge < -0.3 is 10.6 Å². The van der Waals surface area contributed by atoms with Crippen molar-refractivity contribution in [3.63, 3.8) is 0 Å². The molecule has 17 heavy (non-hydrogen) atoms. The molecule has 0 bridgehead atoms. The molecule has 0 aromatic heterocycles. The number of nitrogens with two attached hydrogens (primary N) is 1. The summed E-state index contributed by atoms with van der Waals surface area (Å²) in [7, 11) is -2.94. The highest BCUT2D eigenvalue weighted by Crippen LogP contribution is 2.15. The van der Waals surface area contributed by atoms with Crippen LogP contribution in [0.3, 0.4) is 0 Å². The van der Waals surface area contributed by atoms with Crippen LogP contribution < -0.4 is 5.73 Å². The third-order valence-electron chi connectivity index (χ3n) is 2.84. The van der Waals surface area contributed by atoms with E-state index in [1.807, 2.05) is 4.90 Å². The number of halogens is 1. The van der Waals surface area contributed by atoms with E-state index >= 15 is 0 Å². The van der Waals surface area contributed by atoms with E-state index in [0.717, 1.165) is 31.8 Å². The summed E-state index contributed by atoms with van der Waals surface area (Å²) in [6, 6.07) is 0. The molecule has 1 saturated heterocycles. The van der Waals surface area contributed by atoms with Gasteiger partial charge in [-0.3, -0.25) is 4.99 Å². The van der Waals surface area contributed by atoms with Crippen LogP contribution in [0.4, 0.5) is 0 Å². The van der Waals surface area contributed by atoms with Crippen molar-refractivity contribution < 1.29 is 8.42 Å². The van der Waals surface area contributed by atoms with Gasteiger partial charge in [0.05, 0.1) is 12.3 Å². The van der Waals surface area contributed by atoms with Crippen molar-refractivity contribution in [1.82, 2.24) is 4.90 Å². The van der Waals surface area contributed by atoms with Crippen molar-refractivity contribution >= 4 is 39.8 Å². The van der Waals surface area contributed by atoms with Crippen LogP contribution >= 0.6 is 24.0 Å². The number of aliphatic imine (C=N–C) groups is 1. The van der Waals surface area contributed by atoms with Gasteiger partial charge in [-0.25, -0.2) is 8.42 Å². The summed E-state index contributed by atoms with van der Waals surface area (Å²) in [5.41, 5.74) is 5.80. The molecule has 0 unspecified atom stereocenters. The summed E-state index contributed by atoms with van der Waals surface area (Å²) in [5.74, 6) is 1.30. The standard InChI is InChI=1S/C10H21N3O2S.HI/c1-9-3-6-13(7-4-9)10(11)12-5-8-16(2,14)15;/h9H,3-8H2,1-2H3,(H2,11,12);1H. The molecule has 0 atom stereocenters. The average Bonchev–Trinajstić information content (AvgIpc) is 2.16. The predicted molar refractivity (Wildman–Crippen MR) is 81.6 cm³/mol. The minimum Gasteiger partial charge on any atom is -0.370 e. The van der Waals surface area contributed by atoms with E-state index in [1.165, 1.54) is 6.26 Å². The summed E-state index contributed by atoms with van der Waals surface area (Å²) < 4.78 is 21.8. The number of guanidine groups is 1. The molecule has 1 rings (SSSR count). The number of hydrogen-bond donors (Lipinski definition) is 1. The zero-order valence-corrected chi connectivity index (χ0v) is 13.6. The highest BCUT2D eigenvalue weighted by atomic mass is 127. The SMILES string of the molecule is CC1CCN(C(N)=NCCS(C)(=O)=O)CC1.I. The molecule has 7 heteroatoms. The molecule has 0 saturated carbocycles. The molecule has 1 fully saturated rings. The molecule has 0 spiro atoms. The second-order valence-corrected chi connectivity index (χ2v) is 6.80. The molecule has 0 aromatic rings. The zero-order valence-electron chi connectivity index (χ0n) is 10.4. The molecule has 1 heterocycles. The number of nitrogens with zero attached hydrogens (tertiary/aromatic N) is 2. The number of hydrogen-bond acceptors (Lipinski definition) is 3. The molecular formula is C10H22IN3O2S. The monoisotopic (exact) mass is 375 g/mol. The van der Waals surface area contributed by atoms with Gasteiger partial charge in [0.2, 0.25) is 0 Å².